The van der Waals surface area contributed by atoms with Crippen LogP contribution in [0.3, 0.4) is 0 Å². The SMILES string of the molecule is Cc1ccc(-c2ccc(/C=C3/SC(=S)N(c4ccc([N+](=O)[O-])cc4)C3=O)o2)c(Br)c1. The van der Waals surface area contributed by atoms with E-state index in [4.69, 9.17) is 16.6 Å². The second-order valence-electron chi connectivity index (χ2n) is 6.48. The Labute approximate surface area is 189 Å². The third kappa shape index (κ3) is 3.96. The first kappa shape index (κ1) is 20.5. The average molecular weight is 501 g/mol. The standard InChI is InChI=1S/C21H13BrN2O4S2/c1-12-2-8-16(17(22)10-12)18-9-7-15(28-18)11-19-20(25)23(21(29)30-19)13-3-5-14(6-4-13)24(26)27/h2-11H,1H3/b19-11+. The number of nitro groups is 1. The highest BCUT2D eigenvalue weighted by Crippen LogP contribution is 2.37. The molecule has 150 valence electrons. The Balaban J connectivity index is 1.59. The number of anilines is 1. The van der Waals surface area contributed by atoms with Crippen LogP contribution in [-0.4, -0.2) is 15.2 Å². The molecule has 3 aromatic rings. The van der Waals surface area contributed by atoms with Crippen molar-refractivity contribution in [2.24, 2.45) is 0 Å². The third-order valence-electron chi connectivity index (χ3n) is 4.40. The number of halogens is 1. The number of nitrogens with zero attached hydrogens (tertiary/aromatic N) is 2. The second-order valence-corrected chi connectivity index (χ2v) is 9.01. The fraction of sp³-hybridized carbons (Fsp3) is 0.0476. The summed E-state index contributed by atoms with van der Waals surface area (Å²) in [5, 5.41) is 10.8. The lowest BCUT2D eigenvalue weighted by atomic mass is 10.1. The molecule has 6 nitrogen and oxygen atoms in total. The van der Waals surface area contributed by atoms with Gasteiger partial charge in [0.25, 0.3) is 11.6 Å². The summed E-state index contributed by atoms with van der Waals surface area (Å²) < 4.78 is 7.19. The maximum absolute atomic E-state index is 12.9. The summed E-state index contributed by atoms with van der Waals surface area (Å²) in [6.45, 7) is 2.01. The van der Waals surface area contributed by atoms with Gasteiger partial charge in [0.05, 0.1) is 15.5 Å². The van der Waals surface area contributed by atoms with Gasteiger partial charge in [-0.25, -0.2) is 0 Å². The van der Waals surface area contributed by atoms with Crippen LogP contribution in [0.15, 0.2) is 68.4 Å². The summed E-state index contributed by atoms with van der Waals surface area (Å²) >= 11 is 10.0. The van der Waals surface area contributed by atoms with Crippen LogP contribution < -0.4 is 4.90 Å². The lowest BCUT2D eigenvalue weighted by Crippen LogP contribution is -2.27. The van der Waals surface area contributed by atoms with E-state index in [0.29, 0.717) is 26.4 Å². The zero-order valence-electron chi connectivity index (χ0n) is 15.5. The molecule has 0 radical (unpaired) electrons. The highest BCUT2D eigenvalue weighted by atomic mass is 79.9. The molecular weight excluding hydrogens is 488 g/mol. The first-order valence-electron chi connectivity index (χ1n) is 8.72. The molecule has 0 atom stereocenters. The van der Waals surface area contributed by atoms with Gasteiger partial charge in [-0.15, -0.1) is 0 Å². The Kier molecular flexibility index (Phi) is 5.59. The average Bonchev–Trinajstić information content (AvgIpc) is 3.26. The second kappa shape index (κ2) is 8.17. The first-order valence-corrected chi connectivity index (χ1v) is 10.7. The van der Waals surface area contributed by atoms with Gasteiger partial charge in [-0.3, -0.25) is 19.8 Å². The Morgan fingerprint density at radius 2 is 1.90 bits per heavy atom. The van der Waals surface area contributed by atoms with Gasteiger partial charge >= 0.3 is 0 Å². The van der Waals surface area contributed by atoms with Gasteiger partial charge in [-0.2, -0.15) is 0 Å². The van der Waals surface area contributed by atoms with Crippen molar-refractivity contribution < 1.29 is 14.1 Å². The predicted octanol–water partition coefficient (Wildman–Crippen LogP) is 6.33. The van der Waals surface area contributed by atoms with Gasteiger partial charge in [0.1, 0.15) is 11.5 Å². The van der Waals surface area contributed by atoms with Crippen LogP contribution in [0.1, 0.15) is 11.3 Å². The summed E-state index contributed by atoms with van der Waals surface area (Å²) in [6.07, 6.45) is 1.65. The molecule has 0 aliphatic carbocycles. The predicted molar refractivity (Wildman–Crippen MR) is 125 cm³/mol. The molecule has 0 saturated carbocycles. The van der Waals surface area contributed by atoms with Crippen LogP contribution >= 0.6 is 39.9 Å². The Morgan fingerprint density at radius 3 is 2.57 bits per heavy atom. The lowest BCUT2D eigenvalue weighted by Gasteiger charge is -2.13. The topological polar surface area (TPSA) is 76.6 Å². The van der Waals surface area contributed by atoms with E-state index in [1.165, 1.54) is 29.2 Å². The summed E-state index contributed by atoms with van der Waals surface area (Å²) in [5.41, 5.74) is 2.48. The van der Waals surface area contributed by atoms with E-state index < -0.39 is 4.92 Å². The van der Waals surface area contributed by atoms with Crippen molar-refractivity contribution in [1.82, 2.24) is 0 Å². The number of thiocarbonyl (C=S) groups is 1. The summed E-state index contributed by atoms with van der Waals surface area (Å²) in [4.78, 5) is 25.0. The number of carbonyl (C=O) groups is 1. The highest BCUT2D eigenvalue weighted by molar-refractivity contribution is 9.10. The van der Waals surface area contributed by atoms with Crippen LogP contribution in [0.4, 0.5) is 11.4 Å². The minimum Gasteiger partial charge on any atom is -0.457 e. The number of thioether (sulfide) groups is 1. The number of benzene rings is 2. The summed E-state index contributed by atoms with van der Waals surface area (Å²) in [6, 6.07) is 15.3. The van der Waals surface area contributed by atoms with Crippen molar-refractivity contribution in [2.45, 2.75) is 6.92 Å². The molecule has 9 heteroatoms. The number of nitro benzene ring substituents is 1. The number of carbonyl (C=O) groups excluding carboxylic acids is 1. The summed E-state index contributed by atoms with van der Waals surface area (Å²) in [5.74, 6) is 0.911. The van der Waals surface area contributed by atoms with E-state index in [9.17, 15) is 14.9 Å². The largest absolute Gasteiger partial charge is 0.457 e. The van der Waals surface area contributed by atoms with Gasteiger partial charge < -0.3 is 4.42 Å². The highest BCUT2D eigenvalue weighted by Gasteiger charge is 2.33. The maximum Gasteiger partial charge on any atom is 0.270 e. The lowest BCUT2D eigenvalue weighted by molar-refractivity contribution is -0.384. The molecule has 30 heavy (non-hydrogen) atoms. The van der Waals surface area contributed by atoms with Crippen LogP contribution in [-0.2, 0) is 4.79 Å². The van der Waals surface area contributed by atoms with E-state index in [1.54, 1.807) is 12.1 Å². The Morgan fingerprint density at radius 1 is 1.17 bits per heavy atom. The monoisotopic (exact) mass is 500 g/mol. The van der Waals surface area contributed by atoms with Crippen LogP contribution in [0.5, 0.6) is 0 Å². The normalized spacial score (nSPS) is 15.3. The quantitative estimate of drug-likeness (QED) is 0.180. The van der Waals surface area contributed by atoms with Gasteiger partial charge in [-0.05, 0) is 48.9 Å². The first-order chi connectivity index (χ1) is 14.3. The molecule has 4 rings (SSSR count). The van der Waals surface area contributed by atoms with Crippen molar-refractivity contribution in [3.8, 4) is 11.3 Å². The number of hydrogen-bond donors (Lipinski definition) is 0. The van der Waals surface area contributed by atoms with Crippen LogP contribution in [0, 0.1) is 17.0 Å². The van der Waals surface area contributed by atoms with Crippen molar-refractivity contribution >= 4 is 67.6 Å². The Bertz CT molecular complexity index is 1220. The van der Waals surface area contributed by atoms with Crippen molar-refractivity contribution in [2.75, 3.05) is 4.90 Å². The molecule has 1 saturated heterocycles. The number of rotatable bonds is 4. The maximum atomic E-state index is 12.9. The number of furan rings is 1. The fourth-order valence-electron chi connectivity index (χ4n) is 2.94. The van der Waals surface area contributed by atoms with E-state index in [-0.39, 0.29) is 11.6 Å². The van der Waals surface area contributed by atoms with Gasteiger partial charge in [0.2, 0.25) is 0 Å². The van der Waals surface area contributed by atoms with Crippen LogP contribution in [0.25, 0.3) is 17.4 Å². The smallest absolute Gasteiger partial charge is 0.270 e. The molecule has 2 aromatic carbocycles. The van der Waals surface area contributed by atoms with Crippen molar-refractivity contribution in [3.05, 3.63) is 85.4 Å². The molecule has 0 unspecified atom stereocenters. The van der Waals surface area contributed by atoms with Gasteiger partial charge in [-0.1, -0.05) is 46.0 Å². The minimum absolute atomic E-state index is 0.0508. The molecule has 2 heterocycles. The fourth-order valence-corrected chi connectivity index (χ4v) is 4.91. The van der Waals surface area contributed by atoms with Crippen molar-refractivity contribution in [1.29, 1.82) is 0 Å². The van der Waals surface area contributed by atoms with E-state index >= 15 is 0 Å². The van der Waals surface area contributed by atoms with Gasteiger partial charge in [0.15, 0.2) is 4.32 Å². The molecule has 1 amide bonds. The number of non-ortho nitro benzene ring substituents is 1. The van der Waals surface area contributed by atoms with Gasteiger partial charge in [0, 0.05) is 28.2 Å². The molecule has 1 aromatic heterocycles. The molecule has 1 aliphatic heterocycles. The summed E-state index contributed by atoms with van der Waals surface area (Å²) in [7, 11) is 0. The molecule has 0 N–H and O–H groups in total. The molecular formula is C21H13BrN2O4S2. The Hall–Kier alpha value is -2.75. The van der Waals surface area contributed by atoms with E-state index in [1.807, 2.05) is 31.2 Å². The minimum atomic E-state index is -0.491. The number of aryl methyl sites for hydroxylation is 1. The van der Waals surface area contributed by atoms with Crippen LogP contribution in [0.2, 0.25) is 0 Å². The van der Waals surface area contributed by atoms with E-state index in [2.05, 4.69) is 15.9 Å². The molecule has 0 spiro atoms. The molecule has 1 fully saturated rings. The number of amides is 1. The number of hydrogen-bond acceptors (Lipinski definition) is 6. The third-order valence-corrected chi connectivity index (χ3v) is 6.36. The van der Waals surface area contributed by atoms with E-state index in [0.717, 1.165) is 27.4 Å². The molecule has 0 bridgehead atoms. The zero-order chi connectivity index (χ0) is 21.4. The zero-order valence-corrected chi connectivity index (χ0v) is 18.7. The van der Waals surface area contributed by atoms with Crippen molar-refractivity contribution in [3.63, 3.8) is 0 Å². The molecule has 1 aliphatic rings.